The Morgan fingerprint density at radius 3 is 2.67 bits per heavy atom. The maximum Gasteiger partial charge on any atom is 0.00218 e. The van der Waals surface area contributed by atoms with Gasteiger partial charge in [-0.05, 0) is 50.6 Å². The van der Waals surface area contributed by atoms with Gasteiger partial charge in [-0.15, -0.1) is 0 Å². The minimum absolute atomic E-state index is 0.789. The Morgan fingerprint density at radius 1 is 1.17 bits per heavy atom. The van der Waals surface area contributed by atoms with Crippen LogP contribution in [-0.4, -0.2) is 31.1 Å². The third-order valence-corrected chi connectivity index (χ3v) is 3.15. The van der Waals surface area contributed by atoms with Gasteiger partial charge in [-0.25, -0.2) is 0 Å². The highest BCUT2D eigenvalue weighted by Gasteiger charge is 2.26. The van der Waals surface area contributed by atoms with Crippen molar-refractivity contribution in [2.75, 3.05) is 26.2 Å². The summed E-state index contributed by atoms with van der Waals surface area (Å²) in [5, 5.41) is 0. The molecule has 1 atom stereocenters. The number of nitrogens with zero attached hydrogens (tertiary/aromatic N) is 1. The first-order chi connectivity index (χ1) is 5.88. The van der Waals surface area contributed by atoms with Gasteiger partial charge in [0.05, 0.1) is 0 Å². The molecule has 1 saturated carbocycles. The molecule has 1 aliphatic heterocycles. The Hall–Kier alpha value is -0.0800. The molecule has 2 fully saturated rings. The summed E-state index contributed by atoms with van der Waals surface area (Å²) in [5.41, 5.74) is 5.69. The fourth-order valence-corrected chi connectivity index (χ4v) is 2.18. The van der Waals surface area contributed by atoms with Gasteiger partial charge >= 0.3 is 0 Å². The summed E-state index contributed by atoms with van der Waals surface area (Å²) in [6.45, 7) is 4.84. The molecule has 2 rings (SSSR count). The standard InChI is InChI=1S/C10H20N2/c11-6-10-2-1-5-12(8-10)7-9-3-4-9/h9-10H,1-8,11H2/t10-/m1/s1. The van der Waals surface area contributed by atoms with Crippen LogP contribution in [0, 0.1) is 11.8 Å². The van der Waals surface area contributed by atoms with E-state index in [-0.39, 0.29) is 0 Å². The summed E-state index contributed by atoms with van der Waals surface area (Å²) in [6.07, 6.45) is 5.68. The predicted octanol–water partition coefficient (Wildman–Crippen LogP) is 1.07. The molecule has 0 unspecified atom stereocenters. The predicted molar refractivity (Wildman–Crippen MR) is 50.9 cm³/mol. The topological polar surface area (TPSA) is 29.3 Å². The van der Waals surface area contributed by atoms with Gasteiger partial charge < -0.3 is 10.6 Å². The number of hydrogen-bond donors (Lipinski definition) is 1. The lowest BCUT2D eigenvalue weighted by Crippen LogP contribution is -2.39. The van der Waals surface area contributed by atoms with Crippen molar-refractivity contribution in [1.82, 2.24) is 4.90 Å². The highest BCUT2D eigenvalue weighted by Crippen LogP contribution is 2.30. The molecule has 1 aliphatic carbocycles. The number of likely N-dealkylation sites (tertiary alicyclic amines) is 1. The molecular weight excluding hydrogens is 148 g/mol. The van der Waals surface area contributed by atoms with E-state index < -0.39 is 0 Å². The first kappa shape index (κ1) is 8.52. The number of hydrogen-bond acceptors (Lipinski definition) is 2. The van der Waals surface area contributed by atoms with Crippen molar-refractivity contribution in [2.45, 2.75) is 25.7 Å². The molecule has 2 aliphatic rings. The lowest BCUT2D eigenvalue weighted by molar-refractivity contribution is 0.172. The minimum atomic E-state index is 0.789. The van der Waals surface area contributed by atoms with Crippen molar-refractivity contribution in [3.63, 3.8) is 0 Å². The molecule has 0 radical (unpaired) electrons. The van der Waals surface area contributed by atoms with Crippen LogP contribution >= 0.6 is 0 Å². The monoisotopic (exact) mass is 168 g/mol. The average molecular weight is 168 g/mol. The first-order valence-corrected chi connectivity index (χ1v) is 5.31. The van der Waals surface area contributed by atoms with Crippen LogP contribution in [0.2, 0.25) is 0 Å². The van der Waals surface area contributed by atoms with E-state index in [2.05, 4.69) is 4.90 Å². The molecule has 0 bridgehead atoms. The Bertz CT molecular complexity index is 143. The highest BCUT2D eigenvalue weighted by atomic mass is 15.1. The van der Waals surface area contributed by atoms with E-state index in [0.717, 1.165) is 18.4 Å². The molecule has 0 spiro atoms. The van der Waals surface area contributed by atoms with Crippen molar-refractivity contribution in [2.24, 2.45) is 17.6 Å². The van der Waals surface area contributed by atoms with Gasteiger partial charge in [0.25, 0.3) is 0 Å². The molecule has 1 saturated heterocycles. The Balaban J connectivity index is 1.73. The summed E-state index contributed by atoms with van der Waals surface area (Å²) in [7, 11) is 0. The molecule has 0 aromatic heterocycles. The second-order valence-electron chi connectivity index (χ2n) is 4.45. The Kier molecular flexibility index (Phi) is 2.66. The van der Waals surface area contributed by atoms with E-state index in [9.17, 15) is 0 Å². The zero-order valence-electron chi connectivity index (χ0n) is 7.84. The molecule has 2 N–H and O–H groups in total. The molecular formula is C10H20N2. The molecule has 0 aromatic rings. The summed E-state index contributed by atoms with van der Waals surface area (Å²) in [5.74, 6) is 1.83. The van der Waals surface area contributed by atoms with Gasteiger partial charge in [0, 0.05) is 13.1 Å². The van der Waals surface area contributed by atoms with Crippen LogP contribution in [0.4, 0.5) is 0 Å². The number of rotatable bonds is 3. The fraction of sp³-hybridized carbons (Fsp3) is 1.00. The quantitative estimate of drug-likeness (QED) is 0.683. The average Bonchev–Trinajstić information content (AvgIpc) is 2.89. The van der Waals surface area contributed by atoms with Crippen molar-refractivity contribution in [1.29, 1.82) is 0 Å². The zero-order chi connectivity index (χ0) is 8.39. The van der Waals surface area contributed by atoms with E-state index in [0.29, 0.717) is 0 Å². The molecule has 70 valence electrons. The normalized spacial score (nSPS) is 32.2. The Labute approximate surface area is 75.1 Å². The van der Waals surface area contributed by atoms with Gasteiger partial charge in [0.15, 0.2) is 0 Å². The molecule has 2 nitrogen and oxygen atoms in total. The molecule has 0 amide bonds. The van der Waals surface area contributed by atoms with E-state index in [4.69, 9.17) is 5.73 Å². The van der Waals surface area contributed by atoms with Crippen LogP contribution in [0.3, 0.4) is 0 Å². The van der Waals surface area contributed by atoms with Crippen LogP contribution in [-0.2, 0) is 0 Å². The Morgan fingerprint density at radius 2 is 2.00 bits per heavy atom. The summed E-state index contributed by atoms with van der Waals surface area (Å²) >= 11 is 0. The third-order valence-electron chi connectivity index (χ3n) is 3.15. The van der Waals surface area contributed by atoms with E-state index in [1.165, 1.54) is 45.3 Å². The van der Waals surface area contributed by atoms with Gasteiger partial charge in [-0.2, -0.15) is 0 Å². The summed E-state index contributed by atoms with van der Waals surface area (Å²) in [6, 6.07) is 0. The molecule has 12 heavy (non-hydrogen) atoms. The van der Waals surface area contributed by atoms with Crippen molar-refractivity contribution in [3.05, 3.63) is 0 Å². The summed E-state index contributed by atoms with van der Waals surface area (Å²) < 4.78 is 0. The lowest BCUT2D eigenvalue weighted by atomic mass is 9.98. The van der Waals surface area contributed by atoms with Crippen molar-refractivity contribution in [3.8, 4) is 0 Å². The molecule has 0 aromatic carbocycles. The molecule has 1 heterocycles. The van der Waals surface area contributed by atoms with E-state index in [1.807, 2.05) is 0 Å². The van der Waals surface area contributed by atoms with E-state index in [1.54, 1.807) is 0 Å². The van der Waals surface area contributed by atoms with Crippen LogP contribution in [0.1, 0.15) is 25.7 Å². The number of nitrogens with two attached hydrogens (primary N) is 1. The van der Waals surface area contributed by atoms with E-state index >= 15 is 0 Å². The first-order valence-electron chi connectivity index (χ1n) is 5.31. The van der Waals surface area contributed by atoms with Gasteiger partial charge in [0.1, 0.15) is 0 Å². The van der Waals surface area contributed by atoms with Gasteiger partial charge in [-0.3, -0.25) is 0 Å². The maximum absolute atomic E-state index is 5.69. The zero-order valence-corrected chi connectivity index (χ0v) is 7.84. The van der Waals surface area contributed by atoms with Crippen molar-refractivity contribution >= 4 is 0 Å². The van der Waals surface area contributed by atoms with Crippen LogP contribution in [0.15, 0.2) is 0 Å². The highest BCUT2D eigenvalue weighted by molar-refractivity contribution is 4.81. The second-order valence-corrected chi connectivity index (χ2v) is 4.45. The van der Waals surface area contributed by atoms with Gasteiger partial charge in [0.2, 0.25) is 0 Å². The SMILES string of the molecule is NC[C@H]1CCCN(CC2CC2)C1. The van der Waals surface area contributed by atoms with Crippen LogP contribution < -0.4 is 5.73 Å². The molecule has 2 heteroatoms. The second kappa shape index (κ2) is 3.75. The van der Waals surface area contributed by atoms with Crippen LogP contribution in [0.5, 0.6) is 0 Å². The third kappa shape index (κ3) is 2.20. The maximum atomic E-state index is 5.69. The minimum Gasteiger partial charge on any atom is -0.330 e. The lowest BCUT2D eigenvalue weighted by Gasteiger charge is -2.32. The smallest absolute Gasteiger partial charge is 0.00218 e. The van der Waals surface area contributed by atoms with Gasteiger partial charge in [-0.1, -0.05) is 0 Å². The fourth-order valence-electron chi connectivity index (χ4n) is 2.18. The van der Waals surface area contributed by atoms with Crippen LogP contribution in [0.25, 0.3) is 0 Å². The summed E-state index contributed by atoms with van der Waals surface area (Å²) in [4.78, 5) is 2.62. The largest absolute Gasteiger partial charge is 0.330 e. The number of piperidine rings is 1. The van der Waals surface area contributed by atoms with Crippen molar-refractivity contribution < 1.29 is 0 Å².